The van der Waals surface area contributed by atoms with E-state index in [9.17, 15) is 0 Å². The average molecular weight is 206 g/mol. The van der Waals surface area contributed by atoms with Gasteiger partial charge in [-0.3, -0.25) is 4.90 Å². The largest absolute Gasteiger partial charge is 0.314 e. The first kappa shape index (κ1) is 11.0. The zero-order valence-corrected chi connectivity index (χ0v) is 9.76. The summed E-state index contributed by atoms with van der Waals surface area (Å²) in [5, 5.41) is 3.64. The summed E-state index contributed by atoms with van der Waals surface area (Å²) in [6.07, 6.45) is 5.52. The normalized spacial score (nSPS) is 32.3. The zero-order chi connectivity index (χ0) is 10.5. The molecule has 2 atom stereocenters. The second-order valence-electron chi connectivity index (χ2n) is 4.77. The highest BCUT2D eigenvalue weighted by Crippen LogP contribution is 2.24. The first-order valence-corrected chi connectivity index (χ1v) is 6.25. The van der Waals surface area contributed by atoms with Crippen molar-refractivity contribution in [2.24, 2.45) is 5.92 Å². The molecule has 0 saturated carbocycles. The molecular formula is C13H22N2. The Morgan fingerprint density at radius 2 is 2.27 bits per heavy atom. The third kappa shape index (κ3) is 2.96. The van der Waals surface area contributed by atoms with Crippen LogP contribution >= 0.6 is 0 Å². The fraction of sp³-hybridized carbons (Fsp3) is 0.846. The van der Waals surface area contributed by atoms with Crippen molar-refractivity contribution in [3.05, 3.63) is 0 Å². The highest BCUT2D eigenvalue weighted by molar-refractivity contribution is 4.99. The number of rotatable bonds is 2. The van der Waals surface area contributed by atoms with Crippen LogP contribution in [-0.2, 0) is 0 Å². The van der Waals surface area contributed by atoms with E-state index in [1.54, 1.807) is 0 Å². The Kier molecular flexibility index (Phi) is 4.05. The molecule has 2 saturated heterocycles. The van der Waals surface area contributed by atoms with E-state index < -0.39 is 0 Å². The van der Waals surface area contributed by atoms with Crippen molar-refractivity contribution in [2.45, 2.75) is 38.6 Å². The smallest absolute Gasteiger partial charge is 0.0601 e. The van der Waals surface area contributed by atoms with Crippen molar-refractivity contribution in [3.63, 3.8) is 0 Å². The Balaban J connectivity index is 1.82. The molecule has 0 bridgehead atoms. The zero-order valence-electron chi connectivity index (χ0n) is 9.76. The van der Waals surface area contributed by atoms with Crippen LogP contribution in [-0.4, -0.2) is 37.1 Å². The van der Waals surface area contributed by atoms with Crippen molar-refractivity contribution in [1.82, 2.24) is 10.2 Å². The fourth-order valence-corrected chi connectivity index (χ4v) is 2.87. The predicted octanol–water partition coefficient (Wildman–Crippen LogP) is 1.47. The molecule has 0 aromatic carbocycles. The number of nitrogens with zero attached hydrogens (tertiary/aromatic N) is 1. The van der Waals surface area contributed by atoms with Crippen LogP contribution in [0.1, 0.15) is 32.6 Å². The Labute approximate surface area is 93.4 Å². The monoisotopic (exact) mass is 206 g/mol. The lowest BCUT2D eigenvalue weighted by atomic mass is 9.90. The molecule has 15 heavy (non-hydrogen) atoms. The number of hydrogen-bond donors (Lipinski definition) is 1. The highest BCUT2D eigenvalue weighted by Gasteiger charge is 2.28. The molecule has 1 N–H and O–H groups in total. The molecule has 84 valence electrons. The molecule has 2 aliphatic heterocycles. The van der Waals surface area contributed by atoms with Crippen molar-refractivity contribution in [3.8, 4) is 11.8 Å². The Morgan fingerprint density at radius 1 is 1.33 bits per heavy atom. The van der Waals surface area contributed by atoms with E-state index in [4.69, 9.17) is 0 Å². The van der Waals surface area contributed by atoms with E-state index in [-0.39, 0.29) is 0 Å². The van der Waals surface area contributed by atoms with Gasteiger partial charge in [-0.05, 0) is 51.6 Å². The van der Waals surface area contributed by atoms with Gasteiger partial charge in [-0.15, -0.1) is 5.92 Å². The Bertz CT molecular complexity index is 245. The summed E-state index contributed by atoms with van der Waals surface area (Å²) in [6.45, 7) is 6.64. The predicted molar refractivity (Wildman–Crippen MR) is 63.6 cm³/mol. The van der Waals surface area contributed by atoms with E-state index >= 15 is 0 Å². The van der Waals surface area contributed by atoms with Gasteiger partial charge in [0.2, 0.25) is 0 Å². The second kappa shape index (κ2) is 5.53. The van der Waals surface area contributed by atoms with E-state index in [0.717, 1.165) is 18.5 Å². The van der Waals surface area contributed by atoms with Crippen LogP contribution in [0.2, 0.25) is 0 Å². The molecule has 2 heteroatoms. The summed E-state index contributed by atoms with van der Waals surface area (Å²) in [7, 11) is 0. The van der Waals surface area contributed by atoms with Crippen LogP contribution in [0.5, 0.6) is 0 Å². The van der Waals surface area contributed by atoms with Gasteiger partial charge in [-0.25, -0.2) is 0 Å². The summed E-state index contributed by atoms with van der Waals surface area (Å²) in [4.78, 5) is 2.52. The average Bonchev–Trinajstić information content (AvgIpc) is 2.80. The number of likely N-dealkylation sites (tertiary alicyclic amines) is 1. The van der Waals surface area contributed by atoms with Gasteiger partial charge in [0.05, 0.1) is 6.54 Å². The van der Waals surface area contributed by atoms with Crippen LogP contribution < -0.4 is 5.32 Å². The first-order chi connectivity index (χ1) is 7.40. The van der Waals surface area contributed by atoms with Gasteiger partial charge in [0.1, 0.15) is 0 Å². The summed E-state index contributed by atoms with van der Waals surface area (Å²) in [5.74, 6) is 7.05. The first-order valence-electron chi connectivity index (χ1n) is 6.25. The van der Waals surface area contributed by atoms with Crippen LogP contribution in [0.25, 0.3) is 0 Å². The number of hydrogen-bond acceptors (Lipinski definition) is 2. The van der Waals surface area contributed by atoms with Gasteiger partial charge < -0.3 is 5.32 Å². The van der Waals surface area contributed by atoms with Crippen LogP contribution in [0.15, 0.2) is 0 Å². The minimum Gasteiger partial charge on any atom is -0.314 e. The maximum absolute atomic E-state index is 3.64. The van der Waals surface area contributed by atoms with Gasteiger partial charge in [0, 0.05) is 12.6 Å². The molecule has 0 aromatic heterocycles. The van der Waals surface area contributed by atoms with Gasteiger partial charge in [0.15, 0.2) is 0 Å². The van der Waals surface area contributed by atoms with Crippen molar-refractivity contribution >= 4 is 0 Å². The lowest BCUT2D eigenvalue weighted by Crippen LogP contribution is -2.43. The summed E-state index contributed by atoms with van der Waals surface area (Å²) in [5.41, 5.74) is 0. The van der Waals surface area contributed by atoms with Crippen molar-refractivity contribution in [1.29, 1.82) is 0 Å². The van der Waals surface area contributed by atoms with E-state index in [1.807, 2.05) is 6.92 Å². The molecule has 0 aliphatic carbocycles. The Hall–Kier alpha value is -0.520. The van der Waals surface area contributed by atoms with Gasteiger partial charge in [-0.1, -0.05) is 5.92 Å². The summed E-state index contributed by atoms with van der Waals surface area (Å²) < 4.78 is 0. The lowest BCUT2D eigenvalue weighted by molar-refractivity contribution is 0.167. The quantitative estimate of drug-likeness (QED) is 0.688. The lowest BCUT2D eigenvalue weighted by Gasteiger charge is -2.34. The molecular weight excluding hydrogens is 184 g/mol. The van der Waals surface area contributed by atoms with Crippen LogP contribution in [0.3, 0.4) is 0 Å². The van der Waals surface area contributed by atoms with Crippen molar-refractivity contribution < 1.29 is 0 Å². The Morgan fingerprint density at radius 3 is 3.00 bits per heavy atom. The third-order valence-corrected chi connectivity index (χ3v) is 3.69. The fourth-order valence-electron chi connectivity index (χ4n) is 2.87. The van der Waals surface area contributed by atoms with Crippen molar-refractivity contribution in [2.75, 3.05) is 26.2 Å². The topological polar surface area (TPSA) is 15.3 Å². The maximum Gasteiger partial charge on any atom is 0.0601 e. The van der Waals surface area contributed by atoms with E-state index in [0.29, 0.717) is 0 Å². The number of piperidine rings is 1. The standard InChI is InChI=1S/C13H22N2/c1-2-3-9-15-10-5-6-12(11-15)13-7-4-8-14-13/h12-14H,4-11H2,1H3. The van der Waals surface area contributed by atoms with Crippen LogP contribution in [0, 0.1) is 17.8 Å². The second-order valence-corrected chi connectivity index (χ2v) is 4.77. The van der Waals surface area contributed by atoms with Gasteiger partial charge >= 0.3 is 0 Å². The molecule has 2 unspecified atom stereocenters. The molecule has 2 fully saturated rings. The van der Waals surface area contributed by atoms with E-state index in [1.165, 1.54) is 45.3 Å². The molecule has 2 nitrogen and oxygen atoms in total. The van der Waals surface area contributed by atoms with E-state index in [2.05, 4.69) is 22.1 Å². The van der Waals surface area contributed by atoms with Gasteiger partial charge in [-0.2, -0.15) is 0 Å². The maximum atomic E-state index is 3.64. The molecule has 0 amide bonds. The molecule has 0 aromatic rings. The highest BCUT2D eigenvalue weighted by atomic mass is 15.1. The van der Waals surface area contributed by atoms with Crippen LogP contribution in [0.4, 0.5) is 0 Å². The van der Waals surface area contributed by atoms with Gasteiger partial charge in [0.25, 0.3) is 0 Å². The third-order valence-electron chi connectivity index (χ3n) is 3.69. The number of nitrogens with one attached hydrogen (secondary N) is 1. The molecule has 2 heterocycles. The minimum absolute atomic E-state index is 0.794. The molecule has 2 rings (SSSR count). The molecule has 0 spiro atoms. The molecule has 2 aliphatic rings. The minimum atomic E-state index is 0.794. The SMILES string of the molecule is CC#CCN1CCCC(C2CCCN2)C1. The summed E-state index contributed by atoms with van der Waals surface area (Å²) >= 11 is 0. The summed E-state index contributed by atoms with van der Waals surface area (Å²) in [6, 6.07) is 0.794. The molecule has 0 radical (unpaired) electrons.